The fraction of sp³-hybridized carbons (Fsp3) is 1.00. The Balaban J connectivity index is 3.55. The lowest BCUT2D eigenvalue weighted by atomic mass is 9.86. The molecule has 0 aromatic rings. The largest absolute Gasteiger partial charge is 0.314 e. The third kappa shape index (κ3) is 12.7. The molecule has 1 heteroatoms. The van der Waals surface area contributed by atoms with Gasteiger partial charge in [0.05, 0.1) is 0 Å². The third-order valence-electron chi connectivity index (χ3n) is 4.13. The molecule has 0 aliphatic carbocycles. The first-order valence-electron chi connectivity index (χ1n) is 8.75. The third-order valence-corrected chi connectivity index (χ3v) is 4.13. The molecular weight excluding hydrogens is 230 g/mol. The van der Waals surface area contributed by atoms with Crippen molar-refractivity contribution in [2.24, 2.45) is 5.41 Å². The summed E-state index contributed by atoms with van der Waals surface area (Å²) < 4.78 is 0. The molecule has 0 aromatic carbocycles. The van der Waals surface area contributed by atoms with Crippen molar-refractivity contribution in [1.82, 2.24) is 5.32 Å². The Morgan fingerprint density at radius 1 is 0.842 bits per heavy atom. The van der Waals surface area contributed by atoms with E-state index < -0.39 is 0 Å². The molecule has 1 atom stereocenters. The van der Waals surface area contributed by atoms with Gasteiger partial charge in [0, 0.05) is 12.6 Å². The van der Waals surface area contributed by atoms with Gasteiger partial charge in [-0.15, -0.1) is 0 Å². The van der Waals surface area contributed by atoms with Gasteiger partial charge < -0.3 is 5.32 Å². The molecule has 0 heterocycles. The number of nitrogens with one attached hydrogen (secondary N) is 1. The van der Waals surface area contributed by atoms with Crippen molar-refractivity contribution in [3.8, 4) is 0 Å². The summed E-state index contributed by atoms with van der Waals surface area (Å²) in [6, 6.07) is 0.687. The number of rotatable bonds is 13. The SMILES string of the molecule is CCCCCCCC(C)NCC(C)(C)CCCCC. The summed E-state index contributed by atoms with van der Waals surface area (Å²) in [5.74, 6) is 0. The molecule has 19 heavy (non-hydrogen) atoms. The standard InChI is InChI=1S/C18H39N/c1-6-8-10-11-12-14-17(3)19-16-18(4,5)15-13-9-7-2/h17,19H,6-16H2,1-5H3. The first kappa shape index (κ1) is 19.0. The van der Waals surface area contributed by atoms with Gasteiger partial charge in [-0.2, -0.15) is 0 Å². The van der Waals surface area contributed by atoms with Crippen LogP contribution < -0.4 is 5.32 Å². The van der Waals surface area contributed by atoms with Crippen molar-refractivity contribution < 1.29 is 0 Å². The van der Waals surface area contributed by atoms with E-state index in [1.54, 1.807) is 0 Å². The Morgan fingerprint density at radius 3 is 2.05 bits per heavy atom. The highest BCUT2D eigenvalue weighted by atomic mass is 14.9. The maximum Gasteiger partial charge on any atom is 0.00389 e. The van der Waals surface area contributed by atoms with Crippen molar-refractivity contribution in [1.29, 1.82) is 0 Å². The Labute approximate surface area is 122 Å². The maximum atomic E-state index is 3.74. The van der Waals surface area contributed by atoms with Crippen molar-refractivity contribution in [3.63, 3.8) is 0 Å². The van der Waals surface area contributed by atoms with Gasteiger partial charge in [-0.1, -0.05) is 79.1 Å². The molecule has 0 bridgehead atoms. The molecule has 116 valence electrons. The minimum Gasteiger partial charge on any atom is -0.314 e. The van der Waals surface area contributed by atoms with Gasteiger partial charge in [0.1, 0.15) is 0 Å². The van der Waals surface area contributed by atoms with Crippen molar-refractivity contribution in [2.75, 3.05) is 6.54 Å². The van der Waals surface area contributed by atoms with E-state index in [0.717, 1.165) is 0 Å². The minimum atomic E-state index is 0.464. The summed E-state index contributed by atoms with van der Waals surface area (Å²) in [6.07, 6.45) is 13.8. The van der Waals surface area contributed by atoms with Gasteiger partial charge in [0.25, 0.3) is 0 Å². The van der Waals surface area contributed by atoms with E-state index in [4.69, 9.17) is 0 Å². The lowest BCUT2D eigenvalue weighted by Crippen LogP contribution is -2.35. The smallest absolute Gasteiger partial charge is 0.00389 e. The fourth-order valence-electron chi connectivity index (χ4n) is 2.55. The molecule has 0 saturated carbocycles. The average Bonchev–Trinajstić information content (AvgIpc) is 2.36. The van der Waals surface area contributed by atoms with Gasteiger partial charge in [-0.05, 0) is 25.2 Å². The van der Waals surface area contributed by atoms with Gasteiger partial charge in [0.2, 0.25) is 0 Å². The molecule has 0 fully saturated rings. The zero-order valence-electron chi connectivity index (χ0n) is 14.4. The summed E-state index contributed by atoms with van der Waals surface area (Å²) in [4.78, 5) is 0. The number of hydrogen-bond donors (Lipinski definition) is 1. The molecule has 0 radical (unpaired) electrons. The Kier molecular flexibility index (Phi) is 11.7. The monoisotopic (exact) mass is 269 g/mol. The van der Waals surface area contributed by atoms with Gasteiger partial charge in [-0.3, -0.25) is 0 Å². The first-order chi connectivity index (χ1) is 9.02. The second-order valence-corrected chi connectivity index (χ2v) is 7.11. The van der Waals surface area contributed by atoms with Crippen LogP contribution in [0.5, 0.6) is 0 Å². The molecule has 1 N–H and O–H groups in total. The number of unbranched alkanes of at least 4 members (excludes halogenated alkanes) is 6. The fourth-order valence-corrected chi connectivity index (χ4v) is 2.55. The van der Waals surface area contributed by atoms with E-state index in [9.17, 15) is 0 Å². The first-order valence-corrected chi connectivity index (χ1v) is 8.75. The lowest BCUT2D eigenvalue weighted by molar-refractivity contribution is 0.285. The van der Waals surface area contributed by atoms with E-state index in [0.29, 0.717) is 11.5 Å². The topological polar surface area (TPSA) is 12.0 Å². The molecule has 1 unspecified atom stereocenters. The highest BCUT2D eigenvalue weighted by molar-refractivity contribution is 4.74. The van der Waals surface area contributed by atoms with Crippen LogP contribution in [0.1, 0.15) is 98.8 Å². The van der Waals surface area contributed by atoms with Crippen LogP contribution in [0.2, 0.25) is 0 Å². The second kappa shape index (κ2) is 11.8. The summed E-state index contributed by atoms with van der Waals surface area (Å²) in [5, 5.41) is 3.74. The molecule has 0 spiro atoms. The molecule has 0 aromatic heterocycles. The van der Waals surface area contributed by atoms with Crippen LogP contribution in [0.25, 0.3) is 0 Å². The van der Waals surface area contributed by atoms with Crippen molar-refractivity contribution >= 4 is 0 Å². The van der Waals surface area contributed by atoms with Gasteiger partial charge >= 0.3 is 0 Å². The van der Waals surface area contributed by atoms with E-state index in [-0.39, 0.29) is 0 Å². The zero-order chi connectivity index (χ0) is 14.6. The van der Waals surface area contributed by atoms with Crippen LogP contribution in [0, 0.1) is 5.41 Å². The summed E-state index contributed by atoms with van der Waals surface area (Å²) in [6.45, 7) is 12.9. The zero-order valence-corrected chi connectivity index (χ0v) is 14.4. The molecule has 0 aliphatic heterocycles. The molecule has 0 aliphatic rings. The Morgan fingerprint density at radius 2 is 1.42 bits per heavy atom. The highest BCUT2D eigenvalue weighted by Crippen LogP contribution is 2.23. The Bertz CT molecular complexity index is 186. The van der Waals surface area contributed by atoms with E-state index in [2.05, 4.69) is 39.9 Å². The van der Waals surface area contributed by atoms with E-state index in [1.807, 2.05) is 0 Å². The molecule has 0 saturated heterocycles. The summed E-state index contributed by atoms with van der Waals surface area (Å²) >= 11 is 0. The molecule has 0 rings (SSSR count). The average molecular weight is 270 g/mol. The van der Waals surface area contributed by atoms with Crippen LogP contribution in [0.3, 0.4) is 0 Å². The maximum absolute atomic E-state index is 3.74. The van der Waals surface area contributed by atoms with Gasteiger partial charge in [0.15, 0.2) is 0 Å². The molecule has 1 nitrogen and oxygen atoms in total. The Hall–Kier alpha value is -0.0400. The van der Waals surface area contributed by atoms with Crippen molar-refractivity contribution in [2.45, 2.75) is 105 Å². The highest BCUT2D eigenvalue weighted by Gasteiger charge is 2.17. The van der Waals surface area contributed by atoms with E-state index >= 15 is 0 Å². The van der Waals surface area contributed by atoms with Crippen molar-refractivity contribution in [3.05, 3.63) is 0 Å². The summed E-state index contributed by atoms with van der Waals surface area (Å²) in [7, 11) is 0. The normalized spacial score (nSPS) is 13.7. The molecule has 0 amide bonds. The minimum absolute atomic E-state index is 0.464. The molecular formula is C18H39N. The second-order valence-electron chi connectivity index (χ2n) is 7.11. The quantitative estimate of drug-likeness (QED) is 0.408. The van der Waals surface area contributed by atoms with Gasteiger partial charge in [-0.25, -0.2) is 0 Å². The predicted octanol–water partition coefficient (Wildman–Crippen LogP) is 5.93. The van der Waals surface area contributed by atoms with Crippen LogP contribution >= 0.6 is 0 Å². The van der Waals surface area contributed by atoms with Crippen LogP contribution in [-0.2, 0) is 0 Å². The number of hydrogen-bond acceptors (Lipinski definition) is 1. The lowest BCUT2D eigenvalue weighted by Gasteiger charge is -2.27. The van der Waals surface area contributed by atoms with E-state index in [1.165, 1.54) is 70.8 Å². The summed E-state index contributed by atoms with van der Waals surface area (Å²) in [5.41, 5.74) is 0.464. The predicted molar refractivity (Wildman–Crippen MR) is 88.8 cm³/mol. The van der Waals surface area contributed by atoms with Crippen LogP contribution in [0.4, 0.5) is 0 Å². The van der Waals surface area contributed by atoms with Crippen LogP contribution in [-0.4, -0.2) is 12.6 Å². The van der Waals surface area contributed by atoms with Crippen LogP contribution in [0.15, 0.2) is 0 Å².